The maximum atomic E-state index is 14.4. The number of fused-ring (bicyclic) bond motifs is 1. The van der Waals surface area contributed by atoms with Crippen molar-refractivity contribution < 1.29 is 23.4 Å². The Kier molecular flexibility index (Phi) is 8.23. The molecule has 0 atom stereocenters. The molecule has 0 amide bonds. The Morgan fingerprint density at radius 1 is 1.07 bits per heavy atom. The van der Waals surface area contributed by atoms with Crippen LogP contribution < -0.4 is 9.64 Å². The number of hydrogen-bond acceptors (Lipinski definition) is 9. The van der Waals surface area contributed by atoms with Crippen LogP contribution in [0, 0.1) is 11.6 Å². The van der Waals surface area contributed by atoms with Crippen molar-refractivity contribution in [1.82, 2.24) is 34.0 Å². The van der Waals surface area contributed by atoms with E-state index in [0.717, 1.165) is 40.2 Å². The highest BCUT2D eigenvalue weighted by atomic mass is 35.5. The summed E-state index contributed by atoms with van der Waals surface area (Å²) in [5.74, 6) is -2.24. The van der Waals surface area contributed by atoms with Gasteiger partial charge in [0.05, 0.1) is 29.5 Å². The van der Waals surface area contributed by atoms with Gasteiger partial charge >= 0.3 is 5.97 Å². The van der Waals surface area contributed by atoms with Crippen LogP contribution in [0.2, 0.25) is 5.02 Å². The lowest BCUT2D eigenvalue weighted by Gasteiger charge is -2.34. The molecule has 0 unspecified atom stereocenters. The molecule has 43 heavy (non-hydrogen) atoms. The second kappa shape index (κ2) is 12.2. The third kappa shape index (κ3) is 6.17. The maximum Gasteiger partial charge on any atom is 0.365 e. The van der Waals surface area contributed by atoms with Gasteiger partial charge in [0.2, 0.25) is 16.8 Å². The van der Waals surface area contributed by atoms with Gasteiger partial charge in [-0.1, -0.05) is 17.7 Å². The molecule has 1 N–H and O–H groups in total. The predicted molar refractivity (Wildman–Crippen MR) is 157 cm³/mol. The molecule has 5 heterocycles. The fourth-order valence-corrected chi connectivity index (χ4v) is 6.05. The number of imidazole rings is 1. The van der Waals surface area contributed by atoms with Crippen molar-refractivity contribution in [3.05, 3.63) is 81.6 Å². The second-order valence-electron chi connectivity index (χ2n) is 10.0. The third-order valence-electron chi connectivity index (χ3n) is 7.30. The van der Waals surface area contributed by atoms with E-state index in [4.69, 9.17) is 16.3 Å². The molecule has 4 aromatic heterocycles. The van der Waals surface area contributed by atoms with Gasteiger partial charge in [-0.3, -0.25) is 4.90 Å². The lowest BCUT2D eigenvalue weighted by molar-refractivity contribution is 0.0696. The van der Waals surface area contributed by atoms with Crippen molar-refractivity contribution in [1.29, 1.82) is 0 Å². The number of rotatable bonds is 10. The zero-order valence-corrected chi connectivity index (χ0v) is 24.7. The number of aromatic carboxylic acids is 1. The second-order valence-corrected chi connectivity index (χ2v) is 11.5. The summed E-state index contributed by atoms with van der Waals surface area (Å²) in [5, 5.41) is 9.79. The first-order valence-electron chi connectivity index (χ1n) is 13.6. The Balaban J connectivity index is 1.14. The molecule has 1 aromatic carbocycles. The fourth-order valence-electron chi connectivity index (χ4n) is 5.02. The van der Waals surface area contributed by atoms with E-state index < -0.39 is 17.6 Å². The topological polar surface area (TPSA) is 114 Å². The van der Waals surface area contributed by atoms with Gasteiger partial charge in [0.1, 0.15) is 12.4 Å². The molecule has 0 radical (unpaired) electrons. The maximum absolute atomic E-state index is 14.4. The highest BCUT2D eigenvalue weighted by molar-refractivity contribution is 7.20. The van der Waals surface area contributed by atoms with Crippen LogP contribution in [0.4, 0.5) is 14.7 Å². The van der Waals surface area contributed by atoms with E-state index in [2.05, 4.69) is 29.4 Å². The Morgan fingerprint density at radius 3 is 2.63 bits per heavy atom. The molecule has 0 saturated carbocycles. The molecular formula is C28H27ClF2N8O3S. The van der Waals surface area contributed by atoms with E-state index in [1.165, 1.54) is 18.2 Å². The number of benzene rings is 1. The standard InChI is InChI=1S/C28H27ClF2N8O3S/c1-2-37-16-32-11-20(37)14-39-19(10-23-24(39)34-26(43-23)27(40)41)13-36-5-7-38(8-6-36)28-33-12-22(31)25(35-28)42-15-17-3-4-18(29)9-21(17)30/h3-4,9-12,16H,2,5-8,13-15H2,1H3,(H,40,41). The number of nitrogens with zero attached hydrogens (tertiary/aromatic N) is 8. The molecule has 6 rings (SSSR count). The van der Waals surface area contributed by atoms with Crippen LogP contribution in [-0.2, 0) is 26.2 Å². The van der Waals surface area contributed by atoms with E-state index in [1.807, 2.05) is 28.7 Å². The number of carbonyl (C=O) groups is 1. The van der Waals surface area contributed by atoms with Crippen LogP contribution in [0.25, 0.3) is 10.3 Å². The lowest BCUT2D eigenvalue weighted by atomic mass is 10.2. The lowest BCUT2D eigenvalue weighted by Crippen LogP contribution is -2.46. The smallest absolute Gasteiger partial charge is 0.365 e. The van der Waals surface area contributed by atoms with Crippen LogP contribution in [0.5, 0.6) is 5.88 Å². The van der Waals surface area contributed by atoms with Crippen LogP contribution in [0.15, 0.2) is 43.0 Å². The van der Waals surface area contributed by atoms with E-state index in [9.17, 15) is 18.7 Å². The number of aryl methyl sites for hydroxylation is 1. The van der Waals surface area contributed by atoms with E-state index in [-0.39, 0.29) is 28.1 Å². The van der Waals surface area contributed by atoms with E-state index in [1.54, 1.807) is 6.33 Å². The number of halogens is 3. The number of aromatic nitrogens is 6. The Labute approximate surface area is 254 Å². The van der Waals surface area contributed by atoms with Gasteiger partial charge in [0, 0.05) is 61.7 Å². The molecule has 0 bridgehead atoms. The minimum atomic E-state index is -1.04. The SMILES string of the molecule is CCn1cncc1Cn1c(CN2CCN(c3ncc(F)c(OCc4ccc(Cl)cc4F)n3)CC2)cc2sc(C(=O)O)nc21. The summed E-state index contributed by atoms with van der Waals surface area (Å²) in [7, 11) is 0. The van der Waals surface area contributed by atoms with Crippen LogP contribution in [0.1, 0.15) is 33.7 Å². The number of carboxylic acids is 1. The molecular weight excluding hydrogens is 602 g/mol. The summed E-state index contributed by atoms with van der Waals surface area (Å²) in [4.78, 5) is 32.9. The molecule has 15 heteroatoms. The van der Waals surface area contributed by atoms with Gasteiger partial charge in [-0.15, -0.1) is 11.3 Å². The summed E-state index contributed by atoms with van der Waals surface area (Å²) in [6.07, 6.45) is 4.65. The number of hydrogen-bond donors (Lipinski definition) is 1. The Morgan fingerprint density at radius 2 is 1.88 bits per heavy atom. The molecule has 1 saturated heterocycles. The third-order valence-corrected chi connectivity index (χ3v) is 8.51. The monoisotopic (exact) mass is 628 g/mol. The Bertz CT molecular complexity index is 1780. The Hall–Kier alpha value is -4.14. The summed E-state index contributed by atoms with van der Waals surface area (Å²) in [5.41, 5.74) is 2.90. The molecule has 0 spiro atoms. The predicted octanol–water partition coefficient (Wildman–Crippen LogP) is 4.68. The quantitative estimate of drug-likeness (QED) is 0.235. The van der Waals surface area contributed by atoms with Crippen molar-refractivity contribution in [2.45, 2.75) is 33.2 Å². The first-order valence-corrected chi connectivity index (χ1v) is 14.8. The minimum Gasteiger partial charge on any atom is -0.476 e. The fraction of sp³-hybridized carbons (Fsp3) is 0.321. The van der Waals surface area contributed by atoms with Crippen LogP contribution >= 0.6 is 22.9 Å². The van der Waals surface area contributed by atoms with Crippen molar-refractivity contribution >= 4 is 45.2 Å². The van der Waals surface area contributed by atoms with E-state index in [0.29, 0.717) is 50.9 Å². The van der Waals surface area contributed by atoms with Gasteiger partial charge in [-0.05, 0) is 25.1 Å². The zero-order valence-electron chi connectivity index (χ0n) is 23.1. The van der Waals surface area contributed by atoms with Gasteiger partial charge < -0.3 is 23.9 Å². The minimum absolute atomic E-state index is 0.0591. The highest BCUT2D eigenvalue weighted by Crippen LogP contribution is 2.29. The van der Waals surface area contributed by atoms with Crippen LogP contribution in [0.3, 0.4) is 0 Å². The molecule has 1 fully saturated rings. The number of piperazine rings is 1. The van der Waals surface area contributed by atoms with Gasteiger partial charge in [-0.25, -0.2) is 24.1 Å². The molecule has 5 aromatic rings. The first-order chi connectivity index (χ1) is 20.8. The summed E-state index contributed by atoms with van der Waals surface area (Å²) >= 11 is 6.96. The van der Waals surface area contributed by atoms with E-state index >= 15 is 0 Å². The molecule has 1 aliphatic heterocycles. The average molecular weight is 629 g/mol. The normalized spacial score (nSPS) is 14.1. The zero-order chi connectivity index (χ0) is 30.1. The summed E-state index contributed by atoms with van der Waals surface area (Å²) in [6, 6.07) is 6.20. The number of ether oxygens (including phenoxy) is 1. The average Bonchev–Trinajstić information content (AvgIpc) is 3.70. The van der Waals surface area contributed by atoms with Gasteiger partial charge in [0.15, 0.2) is 5.65 Å². The van der Waals surface area contributed by atoms with Crippen LogP contribution in [-0.4, -0.2) is 71.2 Å². The molecule has 224 valence electrons. The number of thiazole rings is 1. The number of anilines is 1. The van der Waals surface area contributed by atoms with Crippen molar-refractivity contribution in [3.8, 4) is 5.88 Å². The molecule has 11 nitrogen and oxygen atoms in total. The van der Waals surface area contributed by atoms with Gasteiger partial charge in [0.25, 0.3) is 5.88 Å². The van der Waals surface area contributed by atoms with Gasteiger partial charge in [-0.2, -0.15) is 9.37 Å². The summed E-state index contributed by atoms with van der Waals surface area (Å²) in [6.45, 7) is 6.31. The highest BCUT2D eigenvalue weighted by Gasteiger charge is 2.24. The van der Waals surface area contributed by atoms with Crippen molar-refractivity contribution in [2.24, 2.45) is 0 Å². The first kappa shape index (κ1) is 29.0. The summed E-state index contributed by atoms with van der Waals surface area (Å²) < 4.78 is 39.0. The number of carboxylic acid groups (broad SMARTS) is 1. The largest absolute Gasteiger partial charge is 0.476 e. The molecule has 1 aliphatic rings. The van der Waals surface area contributed by atoms with Crippen molar-refractivity contribution in [2.75, 3.05) is 31.1 Å². The molecule has 0 aliphatic carbocycles. The van der Waals surface area contributed by atoms with Crippen molar-refractivity contribution in [3.63, 3.8) is 0 Å².